The smallest absolute Gasteiger partial charge is 0.325 e. The molecule has 0 aliphatic carbocycles. The van der Waals surface area contributed by atoms with E-state index in [9.17, 15) is 14.0 Å². The second-order valence-electron chi connectivity index (χ2n) is 7.02. The summed E-state index contributed by atoms with van der Waals surface area (Å²) in [5.74, 6) is -0.497. The van der Waals surface area contributed by atoms with Crippen molar-refractivity contribution in [3.05, 3.63) is 71.8 Å². The van der Waals surface area contributed by atoms with Gasteiger partial charge in [0.25, 0.3) is 5.91 Å². The molecule has 3 aromatic rings. The number of hydrogen-bond acceptors (Lipinski definition) is 7. The van der Waals surface area contributed by atoms with Crippen molar-refractivity contribution in [3.8, 4) is 0 Å². The number of nitrogens with two attached hydrogens (primary N) is 1. The van der Waals surface area contributed by atoms with E-state index in [1.54, 1.807) is 0 Å². The van der Waals surface area contributed by atoms with Crippen LogP contribution < -0.4 is 16.4 Å². The summed E-state index contributed by atoms with van der Waals surface area (Å²) in [4.78, 5) is 38.4. The van der Waals surface area contributed by atoms with E-state index in [1.165, 1.54) is 24.3 Å². The Morgan fingerprint density at radius 1 is 1.03 bits per heavy atom. The van der Waals surface area contributed by atoms with Gasteiger partial charge in [0.1, 0.15) is 11.9 Å². The first-order valence-corrected chi connectivity index (χ1v) is 9.67. The van der Waals surface area contributed by atoms with Crippen LogP contribution in [0.25, 0.3) is 0 Å². The molecule has 4 rings (SSSR count). The van der Waals surface area contributed by atoms with Gasteiger partial charge in [-0.25, -0.2) is 9.18 Å². The van der Waals surface area contributed by atoms with Crippen molar-refractivity contribution in [2.24, 2.45) is 0 Å². The van der Waals surface area contributed by atoms with Crippen molar-refractivity contribution in [1.82, 2.24) is 25.2 Å². The SMILES string of the molecule is Nc1nc(CN2C(=O)N[C@H](CCc3ccccc3)C2=O)nc(Nc2ccc(F)cc2)n1. The minimum Gasteiger partial charge on any atom is -0.368 e. The number of carbonyl (C=O) groups excluding carboxylic acids is 2. The number of aryl methyl sites for hydroxylation is 1. The number of hydrogen-bond donors (Lipinski definition) is 3. The molecule has 3 amide bonds. The van der Waals surface area contributed by atoms with E-state index in [1.807, 2.05) is 30.3 Å². The average molecular weight is 421 g/mol. The van der Waals surface area contributed by atoms with E-state index in [0.717, 1.165) is 10.5 Å². The summed E-state index contributed by atoms with van der Waals surface area (Å²) in [6, 6.07) is 14.2. The molecule has 1 atom stereocenters. The lowest BCUT2D eigenvalue weighted by Gasteiger charge is -2.13. The van der Waals surface area contributed by atoms with E-state index in [4.69, 9.17) is 5.73 Å². The number of benzene rings is 2. The monoisotopic (exact) mass is 421 g/mol. The highest BCUT2D eigenvalue weighted by Crippen LogP contribution is 2.17. The maximum absolute atomic E-state index is 13.1. The predicted octanol–water partition coefficient (Wildman–Crippen LogP) is 2.39. The molecule has 4 N–H and O–H groups in total. The molecule has 0 unspecified atom stereocenters. The Morgan fingerprint density at radius 3 is 2.52 bits per heavy atom. The van der Waals surface area contributed by atoms with Gasteiger partial charge in [-0.05, 0) is 42.7 Å². The van der Waals surface area contributed by atoms with Gasteiger partial charge >= 0.3 is 6.03 Å². The maximum Gasteiger partial charge on any atom is 0.325 e. The summed E-state index contributed by atoms with van der Waals surface area (Å²) < 4.78 is 13.1. The predicted molar refractivity (Wildman–Crippen MR) is 112 cm³/mol. The lowest BCUT2D eigenvalue weighted by Crippen LogP contribution is -2.32. The number of imide groups is 1. The first kappa shape index (κ1) is 20.2. The second-order valence-corrected chi connectivity index (χ2v) is 7.02. The quantitative estimate of drug-likeness (QED) is 0.500. The van der Waals surface area contributed by atoms with Gasteiger partial charge in [-0.15, -0.1) is 0 Å². The van der Waals surface area contributed by atoms with Gasteiger partial charge in [0.05, 0.1) is 6.54 Å². The van der Waals surface area contributed by atoms with E-state index in [-0.39, 0.29) is 36.0 Å². The van der Waals surface area contributed by atoms with Crippen LogP contribution in [0.2, 0.25) is 0 Å². The molecule has 1 saturated heterocycles. The molecule has 2 heterocycles. The summed E-state index contributed by atoms with van der Waals surface area (Å²) >= 11 is 0. The largest absolute Gasteiger partial charge is 0.368 e. The molecule has 9 nitrogen and oxygen atoms in total. The summed E-state index contributed by atoms with van der Waals surface area (Å²) in [6.07, 6.45) is 1.15. The number of amides is 3. The zero-order chi connectivity index (χ0) is 21.8. The fourth-order valence-corrected chi connectivity index (χ4v) is 3.25. The highest BCUT2D eigenvalue weighted by molar-refractivity contribution is 6.04. The minimum atomic E-state index is -0.608. The molecule has 0 radical (unpaired) electrons. The van der Waals surface area contributed by atoms with E-state index in [2.05, 4.69) is 25.6 Å². The summed E-state index contributed by atoms with van der Waals surface area (Å²) in [6.45, 7) is -0.142. The second kappa shape index (κ2) is 8.74. The van der Waals surface area contributed by atoms with Crippen LogP contribution in [-0.2, 0) is 17.8 Å². The number of anilines is 3. The third-order valence-electron chi connectivity index (χ3n) is 4.77. The van der Waals surface area contributed by atoms with E-state index >= 15 is 0 Å². The third kappa shape index (κ3) is 4.92. The van der Waals surface area contributed by atoms with Crippen LogP contribution in [0.4, 0.5) is 26.8 Å². The number of urea groups is 1. The number of halogens is 1. The molecule has 31 heavy (non-hydrogen) atoms. The topological polar surface area (TPSA) is 126 Å². The van der Waals surface area contributed by atoms with Crippen LogP contribution in [0.5, 0.6) is 0 Å². The fourth-order valence-electron chi connectivity index (χ4n) is 3.25. The van der Waals surface area contributed by atoms with Crippen LogP contribution in [-0.4, -0.2) is 37.8 Å². The Morgan fingerprint density at radius 2 is 1.77 bits per heavy atom. The van der Waals surface area contributed by atoms with Crippen LogP contribution in [0, 0.1) is 5.82 Å². The molecule has 0 saturated carbocycles. The highest BCUT2D eigenvalue weighted by atomic mass is 19.1. The zero-order valence-corrected chi connectivity index (χ0v) is 16.5. The molecule has 1 aliphatic rings. The molecule has 1 fully saturated rings. The van der Waals surface area contributed by atoms with Crippen molar-refractivity contribution < 1.29 is 14.0 Å². The van der Waals surface area contributed by atoms with Crippen LogP contribution in [0.15, 0.2) is 54.6 Å². The van der Waals surface area contributed by atoms with Gasteiger partial charge in [-0.1, -0.05) is 30.3 Å². The molecule has 1 aliphatic heterocycles. The number of rotatable bonds is 7. The van der Waals surface area contributed by atoms with Gasteiger partial charge in [0.2, 0.25) is 11.9 Å². The van der Waals surface area contributed by atoms with Crippen molar-refractivity contribution in [2.45, 2.75) is 25.4 Å². The number of carbonyl (C=O) groups is 2. The number of nitrogens with one attached hydrogen (secondary N) is 2. The molecular formula is C21H20FN7O2. The third-order valence-corrected chi connectivity index (χ3v) is 4.77. The maximum atomic E-state index is 13.1. The lowest BCUT2D eigenvalue weighted by molar-refractivity contribution is -0.128. The summed E-state index contributed by atoms with van der Waals surface area (Å²) in [7, 11) is 0. The molecule has 1 aromatic heterocycles. The van der Waals surface area contributed by atoms with Gasteiger partial charge in [-0.2, -0.15) is 15.0 Å². The van der Waals surface area contributed by atoms with Gasteiger partial charge < -0.3 is 16.4 Å². The van der Waals surface area contributed by atoms with E-state index < -0.39 is 12.1 Å². The first-order valence-electron chi connectivity index (χ1n) is 9.67. The van der Waals surface area contributed by atoms with Crippen molar-refractivity contribution in [3.63, 3.8) is 0 Å². The lowest BCUT2D eigenvalue weighted by atomic mass is 10.1. The van der Waals surface area contributed by atoms with Crippen molar-refractivity contribution >= 4 is 29.5 Å². The zero-order valence-electron chi connectivity index (χ0n) is 16.5. The van der Waals surface area contributed by atoms with Gasteiger partial charge in [0.15, 0.2) is 5.82 Å². The van der Waals surface area contributed by atoms with E-state index in [0.29, 0.717) is 18.5 Å². The van der Waals surface area contributed by atoms with Crippen molar-refractivity contribution in [1.29, 1.82) is 0 Å². The molecule has 0 bridgehead atoms. The summed E-state index contributed by atoms with van der Waals surface area (Å²) in [5.41, 5.74) is 7.39. The Balaban J connectivity index is 1.43. The Labute approximate surface area is 177 Å². The van der Waals surface area contributed by atoms with Crippen molar-refractivity contribution in [2.75, 3.05) is 11.1 Å². The van der Waals surface area contributed by atoms with Gasteiger partial charge in [0, 0.05) is 5.69 Å². The first-order chi connectivity index (χ1) is 15.0. The number of nitrogens with zero attached hydrogens (tertiary/aromatic N) is 4. The Kier molecular flexibility index (Phi) is 5.69. The van der Waals surface area contributed by atoms with Crippen LogP contribution in [0.3, 0.4) is 0 Å². The molecule has 10 heteroatoms. The minimum absolute atomic E-state index is 0.0673. The number of aromatic nitrogens is 3. The van der Waals surface area contributed by atoms with Crippen LogP contribution in [0.1, 0.15) is 17.8 Å². The fraction of sp³-hybridized carbons (Fsp3) is 0.190. The van der Waals surface area contributed by atoms with Crippen LogP contribution >= 0.6 is 0 Å². The normalized spacial score (nSPS) is 15.8. The Bertz CT molecular complexity index is 1090. The number of nitrogen functional groups attached to an aromatic ring is 1. The highest BCUT2D eigenvalue weighted by Gasteiger charge is 2.38. The molecular weight excluding hydrogens is 401 g/mol. The Hall–Kier alpha value is -4.08. The average Bonchev–Trinajstić information content (AvgIpc) is 3.02. The molecule has 0 spiro atoms. The van der Waals surface area contributed by atoms with Gasteiger partial charge in [-0.3, -0.25) is 9.69 Å². The molecule has 2 aromatic carbocycles. The summed E-state index contributed by atoms with van der Waals surface area (Å²) in [5, 5.41) is 5.60. The molecule has 158 valence electrons. The standard InChI is InChI=1S/C21H20FN7O2/c22-14-7-9-15(10-8-14)24-20-27-17(26-19(23)28-20)12-29-18(30)16(25-21(29)31)11-6-13-4-2-1-3-5-13/h1-5,7-10,16H,6,11-12H2,(H,25,31)(H3,23,24,26,27,28)/t16-/m1/s1.